The quantitative estimate of drug-likeness (QED) is 0.416. The van der Waals surface area contributed by atoms with Gasteiger partial charge in [-0.2, -0.15) is 10.2 Å². The van der Waals surface area contributed by atoms with E-state index >= 15 is 0 Å². The highest BCUT2D eigenvalue weighted by atomic mass is 32.2. The van der Waals surface area contributed by atoms with Crippen LogP contribution in [-0.2, 0) is 21.6 Å². The molecule has 1 aliphatic heterocycles. The number of aromatic nitrogens is 5. The summed E-state index contributed by atoms with van der Waals surface area (Å²) in [6.45, 7) is 2.59. The van der Waals surface area contributed by atoms with Crippen LogP contribution in [0, 0.1) is 11.6 Å². The normalized spacial score (nSPS) is 16.4. The van der Waals surface area contributed by atoms with E-state index in [1.165, 1.54) is 17.6 Å². The zero-order valence-electron chi connectivity index (χ0n) is 18.5. The minimum absolute atomic E-state index is 0.0314. The van der Waals surface area contributed by atoms with Crippen molar-refractivity contribution in [1.29, 1.82) is 0 Å². The molecule has 1 atom stereocenters. The van der Waals surface area contributed by atoms with Gasteiger partial charge in [0, 0.05) is 48.3 Å². The molecule has 5 rings (SSSR count). The van der Waals surface area contributed by atoms with Crippen molar-refractivity contribution in [2.45, 2.75) is 24.3 Å². The lowest BCUT2D eigenvalue weighted by Crippen LogP contribution is -2.20. The van der Waals surface area contributed by atoms with Gasteiger partial charge in [-0.1, -0.05) is 6.92 Å². The minimum Gasteiger partial charge on any atom is -0.379 e. The fourth-order valence-electron chi connectivity index (χ4n) is 3.93. The number of nitrogens with zero attached hydrogens (tertiary/aromatic N) is 5. The second-order valence-electron chi connectivity index (χ2n) is 8.11. The Hall–Kier alpha value is -3.38. The third kappa shape index (κ3) is 3.92. The summed E-state index contributed by atoms with van der Waals surface area (Å²) < 4.78 is 62.5. The number of fused-ring (bicyclic) bond motifs is 1. The highest BCUT2D eigenvalue weighted by Crippen LogP contribution is 2.34. The van der Waals surface area contributed by atoms with Crippen LogP contribution in [0.5, 0.6) is 0 Å². The van der Waals surface area contributed by atoms with Crippen molar-refractivity contribution >= 4 is 21.3 Å². The maximum absolute atomic E-state index is 14.9. The van der Waals surface area contributed by atoms with Crippen molar-refractivity contribution < 1.29 is 21.9 Å². The van der Waals surface area contributed by atoms with Crippen molar-refractivity contribution in [2.75, 3.05) is 24.3 Å². The van der Waals surface area contributed by atoms with E-state index < -0.39 is 21.5 Å². The molecule has 178 valence electrons. The Morgan fingerprint density at radius 1 is 1.15 bits per heavy atom. The van der Waals surface area contributed by atoms with Crippen LogP contribution < -0.4 is 5.32 Å². The standard InChI is InChI=1S/C22H22F2N6O3S/c1-3-34(31,32)15-6-16(20(24)19(23)7-15)17-9-26-30-11-18(13-8-25-29(2)10-13)21(28-22(17)30)27-14-4-5-33-12-14/h6-11,14H,3-5,12H2,1-2H3,(H,27,28)/t14-/m0/s1. The van der Waals surface area contributed by atoms with E-state index in [1.54, 1.807) is 24.1 Å². The number of ether oxygens (including phenoxy) is 1. The van der Waals surface area contributed by atoms with Crippen molar-refractivity contribution in [3.05, 3.63) is 48.6 Å². The van der Waals surface area contributed by atoms with Gasteiger partial charge in [0.2, 0.25) is 0 Å². The van der Waals surface area contributed by atoms with Crippen LogP contribution in [-0.4, -0.2) is 57.8 Å². The number of benzene rings is 1. The largest absolute Gasteiger partial charge is 0.379 e. The van der Waals surface area contributed by atoms with Crippen molar-refractivity contribution in [2.24, 2.45) is 7.05 Å². The van der Waals surface area contributed by atoms with Crippen molar-refractivity contribution in [1.82, 2.24) is 24.4 Å². The Morgan fingerprint density at radius 3 is 2.65 bits per heavy atom. The first kappa shape index (κ1) is 22.4. The van der Waals surface area contributed by atoms with Crippen LogP contribution in [0.3, 0.4) is 0 Å². The Bertz CT molecular complexity index is 1490. The van der Waals surface area contributed by atoms with Crippen LogP contribution in [0.15, 0.2) is 41.8 Å². The summed E-state index contributed by atoms with van der Waals surface area (Å²) >= 11 is 0. The number of hydrogen-bond donors (Lipinski definition) is 1. The molecule has 1 N–H and O–H groups in total. The molecule has 0 radical (unpaired) electrons. The molecule has 34 heavy (non-hydrogen) atoms. The van der Waals surface area contributed by atoms with Crippen LogP contribution in [0.1, 0.15) is 13.3 Å². The van der Waals surface area contributed by atoms with Gasteiger partial charge in [-0.25, -0.2) is 26.7 Å². The lowest BCUT2D eigenvalue weighted by molar-refractivity contribution is 0.195. The first-order chi connectivity index (χ1) is 16.3. The summed E-state index contributed by atoms with van der Waals surface area (Å²) in [6, 6.07) is 1.86. The summed E-state index contributed by atoms with van der Waals surface area (Å²) in [5, 5.41) is 11.9. The molecule has 1 saturated heterocycles. The SMILES string of the molecule is CCS(=O)(=O)c1cc(F)c(F)c(-c2cnn3cc(-c4cnn(C)c4)c(N[C@H]4CCOC4)nc23)c1. The summed E-state index contributed by atoms with van der Waals surface area (Å²) in [7, 11) is -1.96. The van der Waals surface area contributed by atoms with E-state index in [9.17, 15) is 17.2 Å². The molecular weight excluding hydrogens is 466 g/mol. The van der Waals surface area contributed by atoms with E-state index in [0.717, 1.165) is 23.6 Å². The van der Waals surface area contributed by atoms with E-state index in [2.05, 4.69) is 15.5 Å². The number of aryl methyl sites for hydroxylation is 1. The molecule has 1 fully saturated rings. The Kier molecular flexibility index (Phi) is 5.56. The number of nitrogens with one attached hydrogen (secondary N) is 1. The fraction of sp³-hybridized carbons (Fsp3) is 0.318. The molecule has 12 heteroatoms. The molecule has 0 unspecified atom stereocenters. The third-order valence-corrected chi connectivity index (χ3v) is 7.52. The van der Waals surface area contributed by atoms with Crippen LogP contribution >= 0.6 is 0 Å². The lowest BCUT2D eigenvalue weighted by Gasteiger charge is -2.15. The zero-order chi connectivity index (χ0) is 24.0. The van der Waals surface area contributed by atoms with Crippen molar-refractivity contribution in [3.8, 4) is 22.3 Å². The predicted molar refractivity (Wildman–Crippen MR) is 121 cm³/mol. The van der Waals surface area contributed by atoms with Crippen LogP contribution in [0.2, 0.25) is 0 Å². The van der Waals surface area contributed by atoms with E-state index in [-0.39, 0.29) is 33.5 Å². The van der Waals surface area contributed by atoms with Gasteiger partial charge < -0.3 is 10.1 Å². The first-order valence-electron chi connectivity index (χ1n) is 10.7. The molecule has 0 bridgehead atoms. The molecule has 4 heterocycles. The second kappa shape index (κ2) is 8.44. The third-order valence-electron chi connectivity index (χ3n) is 5.81. The van der Waals surface area contributed by atoms with Crippen LogP contribution in [0.4, 0.5) is 14.6 Å². The highest BCUT2D eigenvalue weighted by Gasteiger charge is 2.24. The molecule has 1 aliphatic rings. The molecule has 0 aliphatic carbocycles. The molecule has 3 aromatic heterocycles. The molecule has 0 spiro atoms. The molecule has 0 saturated carbocycles. The fourth-order valence-corrected chi connectivity index (χ4v) is 4.84. The van der Waals surface area contributed by atoms with E-state index in [0.29, 0.717) is 25.1 Å². The second-order valence-corrected chi connectivity index (χ2v) is 10.4. The van der Waals surface area contributed by atoms with Gasteiger partial charge in [0.15, 0.2) is 27.1 Å². The van der Waals surface area contributed by atoms with Gasteiger partial charge >= 0.3 is 0 Å². The van der Waals surface area contributed by atoms with Gasteiger partial charge in [0.05, 0.1) is 35.7 Å². The molecule has 1 aromatic carbocycles. The monoisotopic (exact) mass is 488 g/mol. The number of sulfone groups is 1. The number of hydrogen-bond acceptors (Lipinski definition) is 7. The lowest BCUT2D eigenvalue weighted by atomic mass is 10.1. The van der Waals surface area contributed by atoms with Gasteiger partial charge in [-0.3, -0.25) is 4.68 Å². The molecule has 9 nitrogen and oxygen atoms in total. The minimum atomic E-state index is -3.76. The van der Waals surface area contributed by atoms with Crippen molar-refractivity contribution in [3.63, 3.8) is 0 Å². The summed E-state index contributed by atoms with van der Waals surface area (Å²) in [5.41, 5.74) is 1.71. The maximum Gasteiger partial charge on any atom is 0.178 e. The summed E-state index contributed by atoms with van der Waals surface area (Å²) in [4.78, 5) is 4.41. The van der Waals surface area contributed by atoms with Crippen LogP contribution in [0.25, 0.3) is 27.9 Å². The highest BCUT2D eigenvalue weighted by molar-refractivity contribution is 7.91. The summed E-state index contributed by atoms with van der Waals surface area (Å²) in [6.07, 6.45) is 7.39. The number of rotatable bonds is 6. The number of halogens is 2. The Labute approximate surface area is 194 Å². The Balaban J connectivity index is 1.70. The van der Waals surface area contributed by atoms with Gasteiger partial charge in [-0.15, -0.1) is 0 Å². The maximum atomic E-state index is 14.9. The average Bonchev–Trinajstić information content (AvgIpc) is 3.56. The summed E-state index contributed by atoms with van der Waals surface area (Å²) in [5.74, 6) is -2.15. The number of anilines is 1. The predicted octanol–water partition coefficient (Wildman–Crippen LogP) is 3.07. The van der Waals surface area contributed by atoms with E-state index in [4.69, 9.17) is 9.72 Å². The van der Waals surface area contributed by atoms with Gasteiger partial charge in [0.1, 0.15) is 5.82 Å². The van der Waals surface area contributed by atoms with Gasteiger partial charge in [0.25, 0.3) is 0 Å². The Morgan fingerprint density at radius 2 is 1.97 bits per heavy atom. The zero-order valence-corrected chi connectivity index (χ0v) is 19.3. The first-order valence-corrected chi connectivity index (χ1v) is 12.4. The molecule has 4 aromatic rings. The topological polar surface area (TPSA) is 103 Å². The smallest absolute Gasteiger partial charge is 0.178 e. The van der Waals surface area contributed by atoms with Gasteiger partial charge in [-0.05, 0) is 18.6 Å². The van der Waals surface area contributed by atoms with E-state index in [1.807, 2.05) is 6.20 Å². The average molecular weight is 489 g/mol. The molecular formula is C22H22F2N6O3S. The molecule has 0 amide bonds.